The first kappa shape index (κ1) is 10.8. The highest BCUT2D eigenvalue weighted by atomic mass is 15.2. The number of hydrogen-bond acceptors (Lipinski definition) is 2. The highest BCUT2D eigenvalue weighted by Gasteiger charge is 2.55. The molecule has 2 unspecified atom stereocenters. The van der Waals surface area contributed by atoms with Crippen molar-refractivity contribution in [3.8, 4) is 0 Å². The van der Waals surface area contributed by atoms with E-state index in [1.54, 1.807) is 32.1 Å². The molecule has 17 heavy (non-hydrogen) atoms. The molecule has 4 aliphatic carbocycles. The van der Waals surface area contributed by atoms with Crippen molar-refractivity contribution >= 4 is 0 Å². The van der Waals surface area contributed by atoms with Crippen LogP contribution < -0.4 is 0 Å². The monoisotopic (exact) mass is 234 g/mol. The molecule has 0 aromatic rings. The van der Waals surface area contributed by atoms with Crippen LogP contribution in [0.3, 0.4) is 0 Å². The summed E-state index contributed by atoms with van der Waals surface area (Å²) in [5.41, 5.74) is 0.770. The molecule has 4 saturated carbocycles. The second-order valence-corrected chi connectivity index (χ2v) is 7.55. The lowest BCUT2D eigenvalue weighted by atomic mass is 9.69. The Morgan fingerprint density at radius 1 is 0.941 bits per heavy atom. The fourth-order valence-corrected chi connectivity index (χ4v) is 5.65. The van der Waals surface area contributed by atoms with Gasteiger partial charge in [0.1, 0.15) is 0 Å². The van der Waals surface area contributed by atoms with Gasteiger partial charge in [-0.25, -0.2) is 0 Å². The van der Waals surface area contributed by atoms with Crippen LogP contribution in [0.1, 0.15) is 32.1 Å². The number of likely N-dealkylation sites (N-methyl/N-ethyl adjacent to an activating group) is 1. The van der Waals surface area contributed by atoms with E-state index < -0.39 is 0 Å². The standard InChI is InChI=1S/C15H26N2/c1-16-2-4-17(5-3-16)11-15-8-12-6-13(9-15)14(7-12)10-15/h12-14H,2-11H2,1H3. The van der Waals surface area contributed by atoms with Crippen molar-refractivity contribution in [2.24, 2.45) is 23.2 Å². The number of nitrogens with zero attached hydrogens (tertiary/aromatic N) is 2. The van der Waals surface area contributed by atoms with Crippen LogP contribution in [-0.2, 0) is 0 Å². The number of hydrogen-bond donors (Lipinski definition) is 0. The quantitative estimate of drug-likeness (QED) is 0.721. The Morgan fingerprint density at radius 2 is 1.59 bits per heavy atom. The molecule has 1 saturated heterocycles. The molecule has 5 aliphatic rings. The van der Waals surface area contributed by atoms with E-state index in [9.17, 15) is 0 Å². The lowest BCUT2D eigenvalue weighted by molar-refractivity contribution is 0.0559. The largest absolute Gasteiger partial charge is 0.304 e. The van der Waals surface area contributed by atoms with E-state index in [0.29, 0.717) is 0 Å². The van der Waals surface area contributed by atoms with Gasteiger partial charge in [-0.1, -0.05) is 0 Å². The van der Waals surface area contributed by atoms with Crippen LogP contribution in [0, 0.1) is 23.2 Å². The van der Waals surface area contributed by atoms with E-state index in [2.05, 4.69) is 16.8 Å². The molecule has 2 atom stereocenters. The van der Waals surface area contributed by atoms with Crippen molar-refractivity contribution in [2.75, 3.05) is 39.8 Å². The smallest absolute Gasteiger partial charge is 0.0110 e. The summed E-state index contributed by atoms with van der Waals surface area (Å²) < 4.78 is 0. The summed E-state index contributed by atoms with van der Waals surface area (Å²) in [6.45, 7) is 6.64. The fraction of sp³-hybridized carbons (Fsp3) is 1.00. The SMILES string of the molecule is CN1CCN(CC23CC4CC(C2)C(C4)C3)CC1. The average Bonchev–Trinajstić information content (AvgIpc) is 2.70. The molecule has 96 valence electrons. The Morgan fingerprint density at radius 3 is 2.18 bits per heavy atom. The maximum atomic E-state index is 2.77. The Bertz CT molecular complexity index is 287. The van der Waals surface area contributed by atoms with Gasteiger partial charge in [0.05, 0.1) is 0 Å². The predicted octanol–water partition coefficient (Wildman–Crippen LogP) is 2.06. The lowest BCUT2D eigenvalue weighted by Gasteiger charge is -2.44. The molecule has 5 rings (SSSR count). The molecule has 0 spiro atoms. The minimum Gasteiger partial charge on any atom is -0.304 e. The first-order chi connectivity index (χ1) is 8.22. The van der Waals surface area contributed by atoms with Crippen molar-refractivity contribution in [1.29, 1.82) is 0 Å². The summed E-state index contributed by atoms with van der Waals surface area (Å²) in [7, 11) is 2.26. The van der Waals surface area contributed by atoms with Crippen LogP contribution in [-0.4, -0.2) is 49.6 Å². The molecule has 1 heterocycles. The Kier molecular flexibility index (Phi) is 2.36. The summed E-state index contributed by atoms with van der Waals surface area (Å²) in [6, 6.07) is 0. The van der Waals surface area contributed by atoms with Crippen molar-refractivity contribution in [3.05, 3.63) is 0 Å². The maximum Gasteiger partial charge on any atom is 0.0110 e. The van der Waals surface area contributed by atoms with Gasteiger partial charge < -0.3 is 9.80 Å². The minimum absolute atomic E-state index is 0.770. The average molecular weight is 234 g/mol. The van der Waals surface area contributed by atoms with E-state index in [0.717, 1.165) is 23.2 Å². The van der Waals surface area contributed by atoms with Crippen LogP contribution in [0.2, 0.25) is 0 Å². The summed E-state index contributed by atoms with van der Waals surface area (Å²) in [4.78, 5) is 5.25. The van der Waals surface area contributed by atoms with Crippen molar-refractivity contribution in [3.63, 3.8) is 0 Å². The molecular formula is C15H26N2. The van der Waals surface area contributed by atoms with E-state index in [1.165, 1.54) is 32.7 Å². The van der Waals surface area contributed by atoms with Gasteiger partial charge in [-0.15, -0.1) is 0 Å². The molecule has 5 fully saturated rings. The van der Waals surface area contributed by atoms with Gasteiger partial charge in [-0.2, -0.15) is 0 Å². The molecule has 0 aromatic carbocycles. The summed E-state index contributed by atoms with van der Waals surface area (Å²) in [6.07, 6.45) is 7.93. The first-order valence-electron chi connectivity index (χ1n) is 7.63. The molecule has 2 heteroatoms. The van der Waals surface area contributed by atoms with Crippen LogP contribution in [0.15, 0.2) is 0 Å². The maximum absolute atomic E-state index is 2.77. The second-order valence-electron chi connectivity index (χ2n) is 7.55. The lowest BCUT2D eigenvalue weighted by Crippen LogP contribution is -2.49. The second kappa shape index (κ2) is 3.71. The first-order valence-corrected chi connectivity index (χ1v) is 7.63. The topological polar surface area (TPSA) is 6.48 Å². The van der Waals surface area contributed by atoms with E-state index in [4.69, 9.17) is 0 Å². The Hall–Kier alpha value is -0.0800. The van der Waals surface area contributed by atoms with E-state index in [1.807, 2.05) is 0 Å². The zero-order valence-corrected chi connectivity index (χ0v) is 11.2. The summed E-state index contributed by atoms with van der Waals surface area (Å²) >= 11 is 0. The summed E-state index contributed by atoms with van der Waals surface area (Å²) in [5, 5.41) is 0. The molecule has 0 N–H and O–H groups in total. The third-order valence-electron chi connectivity index (χ3n) is 6.21. The van der Waals surface area contributed by atoms with Crippen LogP contribution in [0.5, 0.6) is 0 Å². The van der Waals surface area contributed by atoms with Crippen LogP contribution in [0.4, 0.5) is 0 Å². The third-order valence-corrected chi connectivity index (χ3v) is 6.21. The predicted molar refractivity (Wildman–Crippen MR) is 69.9 cm³/mol. The number of rotatable bonds is 2. The van der Waals surface area contributed by atoms with Crippen LogP contribution >= 0.6 is 0 Å². The van der Waals surface area contributed by atoms with E-state index >= 15 is 0 Å². The van der Waals surface area contributed by atoms with Crippen LogP contribution in [0.25, 0.3) is 0 Å². The molecule has 0 amide bonds. The van der Waals surface area contributed by atoms with Gasteiger partial charge in [0, 0.05) is 32.7 Å². The van der Waals surface area contributed by atoms with Gasteiger partial charge in [-0.05, 0) is 62.3 Å². The third kappa shape index (κ3) is 1.76. The zero-order valence-electron chi connectivity index (χ0n) is 11.2. The molecule has 0 radical (unpaired) electrons. The Balaban J connectivity index is 1.43. The van der Waals surface area contributed by atoms with Gasteiger partial charge in [-0.3, -0.25) is 0 Å². The van der Waals surface area contributed by atoms with Crippen molar-refractivity contribution < 1.29 is 0 Å². The Labute approximate surface area is 105 Å². The van der Waals surface area contributed by atoms with E-state index in [-0.39, 0.29) is 0 Å². The van der Waals surface area contributed by atoms with Gasteiger partial charge >= 0.3 is 0 Å². The fourth-order valence-electron chi connectivity index (χ4n) is 5.65. The molecule has 2 nitrogen and oxygen atoms in total. The highest BCUT2D eigenvalue weighted by molar-refractivity contribution is 5.06. The normalized spacial score (nSPS) is 50.3. The van der Waals surface area contributed by atoms with Crippen molar-refractivity contribution in [2.45, 2.75) is 32.1 Å². The molecule has 4 bridgehead atoms. The highest BCUT2D eigenvalue weighted by Crippen LogP contribution is 2.64. The van der Waals surface area contributed by atoms with Gasteiger partial charge in [0.15, 0.2) is 0 Å². The molecular weight excluding hydrogens is 208 g/mol. The van der Waals surface area contributed by atoms with Gasteiger partial charge in [0.25, 0.3) is 0 Å². The number of piperazine rings is 1. The minimum atomic E-state index is 0.770. The van der Waals surface area contributed by atoms with Crippen molar-refractivity contribution in [1.82, 2.24) is 9.80 Å². The summed E-state index contributed by atoms with van der Waals surface area (Å²) in [5.74, 6) is 3.40. The zero-order chi connectivity index (χ0) is 11.5. The molecule has 0 aromatic heterocycles. The molecule has 1 aliphatic heterocycles. The van der Waals surface area contributed by atoms with Gasteiger partial charge in [0.2, 0.25) is 0 Å².